The second kappa shape index (κ2) is 6.12. The average molecular weight is 314 g/mol. The zero-order valence-corrected chi connectivity index (χ0v) is 13.2. The van der Waals surface area contributed by atoms with Crippen LogP contribution in [0.15, 0.2) is 22.7 Å². The Hall–Kier alpha value is -1.10. The molecule has 2 aromatic rings. The maximum atomic E-state index is 5.98. The summed E-state index contributed by atoms with van der Waals surface area (Å²) in [6.07, 6.45) is 0.565. The first kappa shape index (κ1) is 15.3. The van der Waals surface area contributed by atoms with Crippen molar-refractivity contribution in [1.29, 1.82) is 0 Å². The minimum Gasteiger partial charge on any atom is -0.338 e. The summed E-state index contributed by atoms with van der Waals surface area (Å²) >= 11 is 11.9. The van der Waals surface area contributed by atoms with Crippen molar-refractivity contribution in [3.05, 3.63) is 45.5 Å². The quantitative estimate of drug-likeness (QED) is 0.931. The number of hydrogen-bond donors (Lipinski definition) is 1. The molecule has 0 saturated heterocycles. The predicted octanol–water partition coefficient (Wildman–Crippen LogP) is 3.86. The Kier molecular flexibility index (Phi) is 4.68. The van der Waals surface area contributed by atoms with E-state index in [2.05, 4.69) is 36.2 Å². The van der Waals surface area contributed by atoms with Crippen LogP contribution in [-0.2, 0) is 13.0 Å². The van der Waals surface area contributed by atoms with Crippen molar-refractivity contribution in [3.63, 3.8) is 0 Å². The fraction of sp³-hybridized carbons (Fsp3) is 0.429. The predicted molar refractivity (Wildman–Crippen MR) is 80.2 cm³/mol. The number of nitrogens with one attached hydrogen (secondary N) is 1. The van der Waals surface area contributed by atoms with E-state index < -0.39 is 0 Å². The Labute approximate surface area is 128 Å². The second-order valence-corrected chi connectivity index (χ2v) is 6.45. The summed E-state index contributed by atoms with van der Waals surface area (Å²) < 4.78 is 5.20. The van der Waals surface area contributed by atoms with Gasteiger partial charge in [0.05, 0.1) is 16.6 Å². The summed E-state index contributed by atoms with van der Waals surface area (Å²) in [6.45, 7) is 6.80. The van der Waals surface area contributed by atoms with Crippen LogP contribution < -0.4 is 5.32 Å². The van der Waals surface area contributed by atoms with Gasteiger partial charge in [0.15, 0.2) is 5.82 Å². The van der Waals surface area contributed by atoms with E-state index >= 15 is 0 Å². The Morgan fingerprint density at radius 3 is 2.60 bits per heavy atom. The standard InChI is InChI=1S/C14H17Cl2N3O/c1-14(2,3)17-8-13-18-12(19-20-13)7-9-4-5-10(15)11(16)6-9/h4-6,17H,7-8H2,1-3H3. The number of aromatic nitrogens is 2. The molecule has 20 heavy (non-hydrogen) atoms. The van der Waals surface area contributed by atoms with Gasteiger partial charge in [0, 0.05) is 12.0 Å². The first-order valence-electron chi connectivity index (χ1n) is 6.34. The normalized spacial score (nSPS) is 11.8. The minimum atomic E-state index is 0.0122. The molecule has 0 amide bonds. The van der Waals surface area contributed by atoms with Crippen LogP contribution >= 0.6 is 23.2 Å². The van der Waals surface area contributed by atoms with Crippen LogP contribution in [0.3, 0.4) is 0 Å². The van der Waals surface area contributed by atoms with E-state index in [0.717, 1.165) is 5.56 Å². The third-order valence-electron chi connectivity index (χ3n) is 2.63. The summed E-state index contributed by atoms with van der Waals surface area (Å²) in [5.74, 6) is 1.21. The van der Waals surface area contributed by atoms with Crippen molar-refractivity contribution in [1.82, 2.24) is 15.5 Å². The number of benzene rings is 1. The summed E-state index contributed by atoms with van der Waals surface area (Å²) in [4.78, 5) is 4.34. The molecule has 0 unspecified atom stereocenters. The summed E-state index contributed by atoms with van der Waals surface area (Å²) in [7, 11) is 0. The molecule has 108 valence electrons. The highest BCUT2D eigenvalue weighted by Gasteiger charge is 2.12. The topological polar surface area (TPSA) is 51.0 Å². The van der Waals surface area contributed by atoms with Gasteiger partial charge in [-0.15, -0.1) is 0 Å². The smallest absolute Gasteiger partial charge is 0.240 e. The monoisotopic (exact) mass is 313 g/mol. The van der Waals surface area contributed by atoms with Gasteiger partial charge in [0.1, 0.15) is 0 Å². The highest BCUT2D eigenvalue weighted by Crippen LogP contribution is 2.23. The molecule has 0 aliphatic heterocycles. The third-order valence-corrected chi connectivity index (χ3v) is 3.37. The molecule has 1 heterocycles. The van der Waals surface area contributed by atoms with Crippen LogP contribution in [0.1, 0.15) is 38.0 Å². The molecule has 0 fully saturated rings. The number of nitrogens with zero attached hydrogens (tertiary/aromatic N) is 2. The molecule has 1 N–H and O–H groups in total. The largest absolute Gasteiger partial charge is 0.338 e. The van der Waals surface area contributed by atoms with Gasteiger partial charge in [-0.1, -0.05) is 34.4 Å². The van der Waals surface area contributed by atoms with Crippen molar-refractivity contribution in [2.75, 3.05) is 0 Å². The van der Waals surface area contributed by atoms with Gasteiger partial charge in [-0.3, -0.25) is 0 Å². The Morgan fingerprint density at radius 2 is 1.95 bits per heavy atom. The van der Waals surface area contributed by atoms with Crippen LogP contribution in [0, 0.1) is 0 Å². The molecule has 0 aliphatic carbocycles. The van der Waals surface area contributed by atoms with Crippen LogP contribution in [0.5, 0.6) is 0 Å². The maximum absolute atomic E-state index is 5.98. The van der Waals surface area contributed by atoms with Gasteiger partial charge in [0.2, 0.25) is 5.89 Å². The molecule has 1 aromatic heterocycles. The van der Waals surface area contributed by atoms with E-state index in [1.165, 1.54) is 0 Å². The lowest BCUT2D eigenvalue weighted by molar-refractivity contribution is 0.334. The fourth-order valence-electron chi connectivity index (χ4n) is 1.61. The average Bonchev–Trinajstić information content (AvgIpc) is 2.78. The zero-order chi connectivity index (χ0) is 14.8. The molecule has 0 spiro atoms. The van der Waals surface area contributed by atoms with Crippen molar-refractivity contribution in [2.24, 2.45) is 0 Å². The molecule has 4 nitrogen and oxygen atoms in total. The lowest BCUT2D eigenvalue weighted by atomic mass is 10.1. The maximum Gasteiger partial charge on any atom is 0.240 e. The minimum absolute atomic E-state index is 0.0122. The Morgan fingerprint density at radius 1 is 1.20 bits per heavy atom. The van der Waals surface area contributed by atoms with Crippen molar-refractivity contribution < 1.29 is 4.52 Å². The third kappa shape index (κ3) is 4.47. The highest BCUT2D eigenvalue weighted by molar-refractivity contribution is 6.42. The van der Waals surface area contributed by atoms with Crippen LogP contribution in [0.4, 0.5) is 0 Å². The van der Waals surface area contributed by atoms with Gasteiger partial charge >= 0.3 is 0 Å². The molecular formula is C14H17Cl2N3O. The fourth-order valence-corrected chi connectivity index (χ4v) is 1.93. The molecule has 0 aliphatic rings. The Bertz CT molecular complexity index is 590. The summed E-state index contributed by atoms with van der Waals surface area (Å²) in [5.41, 5.74) is 1.01. The highest BCUT2D eigenvalue weighted by atomic mass is 35.5. The lowest BCUT2D eigenvalue weighted by Crippen LogP contribution is -2.35. The molecule has 0 radical (unpaired) electrons. The van der Waals surface area contributed by atoms with Gasteiger partial charge < -0.3 is 9.84 Å². The summed E-state index contributed by atoms with van der Waals surface area (Å²) in [5, 5.41) is 8.33. The number of hydrogen-bond acceptors (Lipinski definition) is 4. The van der Waals surface area contributed by atoms with E-state index in [9.17, 15) is 0 Å². The van der Waals surface area contributed by atoms with Gasteiger partial charge in [0.25, 0.3) is 0 Å². The lowest BCUT2D eigenvalue weighted by Gasteiger charge is -2.18. The van der Waals surface area contributed by atoms with Crippen molar-refractivity contribution in [3.8, 4) is 0 Å². The first-order valence-corrected chi connectivity index (χ1v) is 7.09. The SMILES string of the molecule is CC(C)(C)NCc1nc(Cc2ccc(Cl)c(Cl)c2)no1. The molecule has 1 aromatic carbocycles. The molecule has 0 saturated carbocycles. The number of halogens is 2. The van der Waals surface area contributed by atoms with Crippen LogP contribution in [0.2, 0.25) is 10.0 Å². The van der Waals surface area contributed by atoms with E-state index in [1.807, 2.05) is 12.1 Å². The van der Waals surface area contributed by atoms with Gasteiger partial charge in [-0.25, -0.2) is 0 Å². The van der Waals surface area contributed by atoms with Gasteiger partial charge in [-0.05, 0) is 38.5 Å². The zero-order valence-electron chi connectivity index (χ0n) is 11.7. The van der Waals surface area contributed by atoms with Crippen molar-refractivity contribution >= 4 is 23.2 Å². The van der Waals surface area contributed by atoms with E-state index in [1.54, 1.807) is 6.07 Å². The summed E-state index contributed by atoms with van der Waals surface area (Å²) in [6, 6.07) is 5.48. The van der Waals surface area contributed by atoms with E-state index in [0.29, 0.717) is 34.7 Å². The molecule has 2 rings (SSSR count). The van der Waals surface area contributed by atoms with Gasteiger partial charge in [-0.2, -0.15) is 4.98 Å². The van der Waals surface area contributed by atoms with Crippen molar-refractivity contribution in [2.45, 2.75) is 39.3 Å². The molecule has 0 atom stereocenters. The van der Waals surface area contributed by atoms with Crippen LogP contribution in [0.25, 0.3) is 0 Å². The molecular weight excluding hydrogens is 297 g/mol. The first-order chi connectivity index (χ1) is 9.33. The molecule has 0 bridgehead atoms. The molecule has 6 heteroatoms. The number of rotatable bonds is 4. The van der Waals surface area contributed by atoms with E-state index in [4.69, 9.17) is 27.7 Å². The second-order valence-electron chi connectivity index (χ2n) is 5.63. The Balaban J connectivity index is 2.00. The van der Waals surface area contributed by atoms with E-state index in [-0.39, 0.29) is 5.54 Å². The van der Waals surface area contributed by atoms with Crippen LogP contribution in [-0.4, -0.2) is 15.7 Å².